The van der Waals surface area contributed by atoms with E-state index in [2.05, 4.69) is 39.8 Å². The molecule has 186 valence electrons. The van der Waals surface area contributed by atoms with Crippen molar-refractivity contribution in [2.45, 2.75) is 110 Å². The second kappa shape index (κ2) is 11.2. The molecule has 0 aromatic rings. The van der Waals surface area contributed by atoms with Gasteiger partial charge in [0.05, 0.1) is 24.0 Å². The van der Waals surface area contributed by atoms with Crippen molar-refractivity contribution < 1.29 is 29.3 Å². The van der Waals surface area contributed by atoms with E-state index in [1.807, 2.05) is 6.08 Å². The SMILES string of the molecule is CCCC(CC)(CC)C(=O)O[C@@H]1C[C@H](O)C=C2C=C[C@H](C)[C@H](CC[C@@H]3C[C@@H](O)CC(=O)O3)[C@H]21. The largest absolute Gasteiger partial charge is 0.462 e. The highest BCUT2D eigenvalue weighted by Gasteiger charge is 2.45. The Morgan fingerprint density at radius 3 is 2.55 bits per heavy atom. The third kappa shape index (κ3) is 5.89. The van der Waals surface area contributed by atoms with E-state index in [0.717, 1.165) is 37.7 Å². The zero-order valence-electron chi connectivity index (χ0n) is 20.7. The molecule has 3 aliphatic rings. The van der Waals surface area contributed by atoms with Crippen molar-refractivity contribution in [3.8, 4) is 0 Å². The van der Waals surface area contributed by atoms with Gasteiger partial charge in [0.1, 0.15) is 12.2 Å². The average Bonchev–Trinajstić information content (AvgIpc) is 2.76. The Balaban J connectivity index is 1.79. The molecule has 0 spiro atoms. The van der Waals surface area contributed by atoms with Crippen molar-refractivity contribution >= 4 is 11.9 Å². The lowest BCUT2D eigenvalue weighted by atomic mass is 9.66. The first-order chi connectivity index (χ1) is 15.7. The van der Waals surface area contributed by atoms with Gasteiger partial charge in [-0.25, -0.2) is 0 Å². The summed E-state index contributed by atoms with van der Waals surface area (Å²) >= 11 is 0. The van der Waals surface area contributed by atoms with Crippen molar-refractivity contribution in [1.82, 2.24) is 0 Å². The standard InChI is InChI=1S/C27H42O6/c1-5-12-27(6-2,7-3)26(31)33-23-15-19(28)13-18-9-8-17(4)22(25(18)23)11-10-21-14-20(29)16-24(30)32-21/h8-9,13,17,19-23,25,28-29H,5-7,10-12,14-16H2,1-4H3/t17-,19+,20+,21+,22-,23+,25-/m0/s1. The van der Waals surface area contributed by atoms with Crippen LogP contribution in [0.25, 0.3) is 0 Å². The Kier molecular flexibility index (Phi) is 8.79. The molecule has 3 rings (SSSR count). The molecule has 2 aliphatic carbocycles. The molecule has 0 radical (unpaired) electrons. The summed E-state index contributed by atoms with van der Waals surface area (Å²) < 4.78 is 11.7. The highest BCUT2D eigenvalue weighted by molar-refractivity contribution is 5.77. The molecular weight excluding hydrogens is 420 g/mol. The Bertz CT molecular complexity index is 752. The molecule has 0 amide bonds. The minimum Gasteiger partial charge on any atom is -0.462 e. The third-order valence-electron chi connectivity index (χ3n) is 8.20. The molecule has 33 heavy (non-hydrogen) atoms. The van der Waals surface area contributed by atoms with Crippen LogP contribution in [0.4, 0.5) is 0 Å². The van der Waals surface area contributed by atoms with E-state index in [-0.39, 0.29) is 48.3 Å². The number of esters is 2. The van der Waals surface area contributed by atoms with Crippen molar-refractivity contribution in [2.75, 3.05) is 0 Å². The minimum absolute atomic E-state index is 0.00889. The molecule has 0 aromatic heterocycles. The first-order valence-electron chi connectivity index (χ1n) is 12.9. The molecule has 1 fully saturated rings. The van der Waals surface area contributed by atoms with Gasteiger partial charge in [0.2, 0.25) is 0 Å². The zero-order chi connectivity index (χ0) is 24.2. The van der Waals surface area contributed by atoms with E-state index in [9.17, 15) is 19.8 Å². The predicted molar refractivity (Wildman–Crippen MR) is 126 cm³/mol. The number of hydrogen-bond donors (Lipinski definition) is 2. The minimum atomic E-state index is -0.635. The second-order valence-corrected chi connectivity index (χ2v) is 10.3. The van der Waals surface area contributed by atoms with Gasteiger partial charge in [0.15, 0.2) is 0 Å². The van der Waals surface area contributed by atoms with Gasteiger partial charge >= 0.3 is 11.9 Å². The van der Waals surface area contributed by atoms with Crippen LogP contribution in [0, 0.1) is 23.2 Å². The van der Waals surface area contributed by atoms with Gasteiger partial charge in [-0.15, -0.1) is 0 Å². The lowest BCUT2D eigenvalue weighted by molar-refractivity contribution is -0.169. The Labute approximate surface area is 198 Å². The normalized spacial score (nSPS) is 34.3. The Morgan fingerprint density at radius 2 is 1.91 bits per heavy atom. The maximum absolute atomic E-state index is 13.4. The third-order valence-corrected chi connectivity index (χ3v) is 8.20. The second-order valence-electron chi connectivity index (χ2n) is 10.3. The maximum atomic E-state index is 13.4. The fourth-order valence-electron chi connectivity index (χ4n) is 6.14. The van der Waals surface area contributed by atoms with E-state index in [0.29, 0.717) is 19.3 Å². The summed E-state index contributed by atoms with van der Waals surface area (Å²) in [5, 5.41) is 20.5. The van der Waals surface area contributed by atoms with Crippen LogP contribution in [-0.2, 0) is 19.1 Å². The van der Waals surface area contributed by atoms with Crippen LogP contribution in [-0.4, -0.2) is 46.6 Å². The van der Waals surface area contributed by atoms with Gasteiger partial charge in [-0.2, -0.15) is 0 Å². The summed E-state index contributed by atoms with van der Waals surface area (Å²) in [5.41, 5.74) is 0.559. The fraction of sp³-hybridized carbons (Fsp3) is 0.778. The van der Waals surface area contributed by atoms with Crippen molar-refractivity contribution in [2.24, 2.45) is 23.2 Å². The van der Waals surface area contributed by atoms with E-state index in [1.165, 1.54) is 0 Å². The van der Waals surface area contributed by atoms with Gasteiger partial charge in [0, 0.05) is 18.8 Å². The monoisotopic (exact) mass is 462 g/mol. The highest BCUT2D eigenvalue weighted by Crippen LogP contribution is 2.45. The number of fused-ring (bicyclic) bond motifs is 1. The number of hydrogen-bond acceptors (Lipinski definition) is 6. The van der Waals surface area contributed by atoms with E-state index >= 15 is 0 Å². The predicted octanol–water partition coefficient (Wildman–Crippen LogP) is 4.48. The lowest BCUT2D eigenvalue weighted by Gasteiger charge is -2.44. The Morgan fingerprint density at radius 1 is 1.18 bits per heavy atom. The van der Waals surface area contributed by atoms with Crippen LogP contribution in [0.5, 0.6) is 0 Å². The molecule has 0 bridgehead atoms. The Hall–Kier alpha value is -1.66. The summed E-state index contributed by atoms with van der Waals surface area (Å²) in [6.07, 6.45) is 9.82. The number of rotatable bonds is 9. The van der Waals surface area contributed by atoms with Crippen molar-refractivity contribution in [1.29, 1.82) is 0 Å². The molecule has 0 aromatic carbocycles. The average molecular weight is 463 g/mol. The van der Waals surface area contributed by atoms with E-state index in [1.54, 1.807) is 0 Å². The molecule has 1 heterocycles. The molecular formula is C27H42O6. The van der Waals surface area contributed by atoms with Gasteiger partial charge in [-0.3, -0.25) is 9.59 Å². The van der Waals surface area contributed by atoms with Gasteiger partial charge in [-0.1, -0.05) is 52.3 Å². The maximum Gasteiger partial charge on any atom is 0.312 e. The molecule has 6 nitrogen and oxygen atoms in total. The van der Waals surface area contributed by atoms with Crippen LogP contribution in [0.1, 0.15) is 85.5 Å². The van der Waals surface area contributed by atoms with E-state index in [4.69, 9.17) is 9.47 Å². The van der Waals surface area contributed by atoms with Crippen LogP contribution in [0.2, 0.25) is 0 Å². The summed E-state index contributed by atoms with van der Waals surface area (Å²) in [7, 11) is 0. The van der Waals surface area contributed by atoms with Gasteiger partial charge in [0.25, 0.3) is 0 Å². The van der Waals surface area contributed by atoms with Crippen molar-refractivity contribution in [3.63, 3.8) is 0 Å². The van der Waals surface area contributed by atoms with Crippen LogP contribution < -0.4 is 0 Å². The zero-order valence-corrected chi connectivity index (χ0v) is 20.7. The molecule has 6 heteroatoms. The van der Waals surface area contributed by atoms with Crippen molar-refractivity contribution in [3.05, 3.63) is 23.8 Å². The topological polar surface area (TPSA) is 93.1 Å². The van der Waals surface area contributed by atoms with E-state index < -0.39 is 17.6 Å². The van der Waals surface area contributed by atoms with Gasteiger partial charge in [-0.05, 0) is 49.5 Å². The fourth-order valence-corrected chi connectivity index (χ4v) is 6.14. The number of ether oxygens (including phenoxy) is 2. The number of aliphatic hydroxyl groups is 2. The quantitative estimate of drug-likeness (QED) is 0.491. The number of cyclic esters (lactones) is 1. The summed E-state index contributed by atoms with van der Waals surface area (Å²) in [6.45, 7) is 8.37. The first kappa shape index (κ1) is 26.0. The summed E-state index contributed by atoms with van der Waals surface area (Å²) in [6, 6.07) is 0. The first-order valence-corrected chi connectivity index (χ1v) is 12.9. The molecule has 0 saturated carbocycles. The number of allylic oxidation sites excluding steroid dienone is 2. The molecule has 1 saturated heterocycles. The molecule has 7 atom stereocenters. The van der Waals surface area contributed by atoms with Crippen LogP contribution in [0.3, 0.4) is 0 Å². The lowest BCUT2D eigenvalue weighted by Crippen LogP contribution is -2.45. The highest BCUT2D eigenvalue weighted by atomic mass is 16.6. The number of carbonyl (C=O) groups excluding carboxylic acids is 2. The van der Waals surface area contributed by atoms with Gasteiger partial charge < -0.3 is 19.7 Å². The molecule has 2 N–H and O–H groups in total. The number of aliphatic hydroxyl groups excluding tert-OH is 2. The molecule has 0 unspecified atom stereocenters. The summed E-state index contributed by atoms with van der Waals surface area (Å²) in [5.74, 6) is 0.00122. The van der Waals surface area contributed by atoms with Crippen LogP contribution in [0.15, 0.2) is 23.8 Å². The summed E-state index contributed by atoms with van der Waals surface area (Å²) in [4.78, 5) is 25.2. The smallest absolute Gasteiger partial charge is 0.312 e. The van der Waals surface area contributed by atoms with Crippen LogP contribution >= 0.6 is 0 Å². The molecule has 1 aliphatic heterocycles. The number of carbonyl (C=O) groups is 2.